The van der Waals surface area contributed by atoms with Crippen LogP contribution in [0, 0.1) is 5.82 Å². The van der Waals surface area contributed by atoms with Crippen molar-refractivity contribution in [3.63, 3.8) is 0 Å². The second-order valence-corrected chi connectivity index (χ2v) is 7.90. The van der Waals surface area contributed by atoms with Gasteiger partial charge < -0.3 is 19.8 Å². The molecular formula is C24H25FN2O5. The van der Waals surface area contributed by atoms with E-state index in [1.807, 2.05) is 0 Å². The number of aromatic hydroxyl groups is 1. The Kier molecular flexibility index (Phi) is 6.53. The van der Waals surface area contributed by atoms with E-state index in [1.165, 1.54) is 41.3 Å². The van der Waals surface area contributed by atoms with Crippen LogP contribution in [0.25, 0.3) is 5.76 Å². The van der Waals surface area contributed by atoms with Crippen LogP contribution < -0.4 is 0 Å². The Hall–Kier alpha value is -3.23. The van der Waals surface area contributed by atoms with Gasteiger partial charge >= 0.3 is 0 Å². The molecule has 0 aromatic heterocycles. The predicted octanol–water partition coefficient (Wildman–Crippen LogP) is 2.68. The van der Waals surface area contributed by atoms with E-state index in [0.29, 0.717) is 31.7 Å². The van der Waals surface area contributed by atoms with Crippen LogP contribution in [0.15, 0.2) is 54.1 Å². The number of ketones is 1. The van der Waals surface area contributed by atoms with Crippen LogP contribution in [-0.4, -0.2) is 71.1 Å². The average molecular weight is 440 g/mol. The van der Waals surface area contributed by atoms with Gasteiger partial charge in [-0.05, 0) is 48.4 Å². The van der Waals surface area contributed by atoms with Crippen LogP contribution in [0.1, 0.15) is 23.6 Å². The summed E-state index contributed by atoms with van der Waals surface area (Å²) in [7, 11) is 0. The fourth-order valence-corrected chi connectivity index (χ4v) is 4.20. The topological polar surface area (TPSA) is 90.3 Å². The smallest absolute Gasteiger partial charge is 0.295 e. The van der Waals surface area contributed by atoms with Crippen molar-refractivity contribution in [2.24, 2.45) is 0 Å². The molecule has 0 unspecified atom stereocenters. The lowest BCUT2D eigenvalue weighted by molar-refractivity contribution is -0.140. The molecule has 32 heavy (non-hydrogen) atoms. The van der Waals surface area contributed by atoms with Gasteiger partial charge in [0.15, 0.2) is 0 Å². The van der Waals surface area contributed by atoms with Crippen LogP contribution in [0.4, 0.5) is 4.39 Å². The van der Waals surface area contributed by atoms with Gasteiger partial charge in [0.2, 0.25) is 0 Å². The Morgan fingerprint density at radius 2 is 1.78 bits per heavy atom. The highest BCUT2D eigenvalue weighted by molar-refractivity contribution is 6.46. The number of aliphatic hydroxyl groups is 1. The third-order valence-corrected chi connectivity index (χ3v) is 5.82. The van der Waals surface area contributed by atoms with Gasteiger partial charge in [0.1, 0.15) is 17.3 Å². The number of hydrogen-bond donors (Lipinski definition) is 2. The molecule has 1 atom stereocenters. The molecule has 0 saturated carbocycles. The highest BCUT2D eigenvalue weighted by atomic mass is 19.1. The van der Waals surface area contributed by atoms with E-state index in [0.717, 1.165) is 19.6 Å². The lowest BCUT2D eigenvalue weighted by Gasteiger charge is -2.29. The van der Waals surface area contributed by atoms with E-state index < -0.39 is 23.5 Å². The number of aliphatic hydroxyl groups excluding tert-OH is 1. The molecule has 0 bridgehead atoms. The summed E-state index contributed by atoms with van der Waals surface area (Å²) < 4.78 is 18.7. The molecule has 8 heteroatoms. The number of likely N-dealkylation sites (tertiary alicyclic amines) is 1. The highest BCUT2D eigenvalue weighted by Gasteiger charge is 2.45. The number of hydrogen-bond acceptors (Lipinski definition) is 6. The zero-order valence-electron chi connectivity index (χ0n) is 17.5. The predicted molar refractivity (Wildman–Crippen MR) is 115 cm³/mol. The maximum atomic E-state index is 13.3. The number of phenolic OH excluding ortho intramolecular Hbond substituents is 1. The molecule has 2 N–H and O–H groups in total. The van der Waals surface area contributed by atoms with Gasteiger partial charge in [-0.25, -0.2) is 4.39 Å². The SMILES string of the molecule is O=C1C(=O)N(CCCN2CCOCC2)[C@@H](c2cccc(O)c2)C1=C(O)c1ccc(F)cc1. The second-order valence-electron chi connectivity index (χ2n) is 7.90. The minimum absolute atomic E-state index is 0.0109. The lowest BCUT2D eigenvalue weighted by Crippen LogP contribution is -2.38. The number of rotatable bonds is 6. The fourth-order valence-electron chi connectivity index (χ4n) is 4.20. The summed E-state index contributed by atoms with van der Waals surface area (Å²) in [6, 6.07) is 10.5. The quantitative estimate of drug-likeness (QED) is 0.408. The van der Waals surface area contributed by atoms with E-state index in [2.05, 4.69) is 4.90 Å². The van der Waals surface area contributed by atoms with Gasteiger partial charge in [0, 0.05) is 31.7 Å². The molecule has 168 valence electrons. The molecular weight excluding hydrogens is 415 g/mol. The number of Topliss-reactive ketones (excluding diaryl/α,β-unsaturated/α-hetero) is 1. The summed E-state index contributed by atoms with van der Waals surface area (Å²) >= 11 is 0. The molecule has 2 fully saturated rings. The molecule has 0 spiro atoms. The van der Waals surface area contributed by atoms with Crippen molar-refractivity contribution in [1.82, 2.24) is 9.80 Å². The zero-order chi connectivity index (χ0) is 22.7. The monoisotopic (exact) mass is 440 g/mol. The molecule has 2 heterocycles. The molecule has 0 radical (unpaired) electrons. The van der Waals surface area contributed by atoms with Gasteiger partial charge in [-0.3, -0.25) is 14.5 Å². The largest absolute Gasteiger partial charge is 0.508 e. The molecule has 4 rings (SSSR count). The van der Waals surface area contributed by atoms with Gasteiger partial charge in [-0.1, -0.05) is 12.1 Å². The van der Waals surface area contributed by atoms with Crippen molar-refractivity contribution in [1.29, 1.82) is 0 Å². The summed E-state index contributed by atoms with van der Waals surface area (Å²) in [6.07, 6.45) is 0.638. The van der Waals surface area contributed by atoms with Crippen LogP contribution in [0.2, 0.25) is 0 Å². The Bertz CT molecular complexity index is 1030. The number of carbonyl (C=O) groups excluding carboxylic acids is 2. The standard InChI is InChI=1S/C24H25FN2O5/c25-18-7-5-16(6-8-18)22(29)20-21(17-3-1-4-19(28)15-17)27(24(31)23(20)30)10-2-9-26-11-13-32-14-12-26/h1,3-8,15,21,28-29H,2,9-14H2/t21-/m0/s1. The number of halogens is 1. The molecule has 2 saturated heterocycles. The molecule has 2 aliphatic rings. The van der Waals surface area contributed by atoms with Crippen molar-refractivity contribution in [2.45, 2.75) is 12.5 Å². The summed E-state index contributed by atoms with van der Waals surface area (Å²) in [6.45, 7) is 4.04. The van der Waals surface area contributed by atoms with Crippen molar-refractivity contribution >= 4 is 17.4 Å². The average Bonchev–Trinajstić information content (AvgIpc) is 3.05. The normalized spacial score (nSPS) is 21.3. The molecule has 0 aliphatic carbocycles. The van der Waals surface area contributed by atoms with Crippen LogP contribution in [0.5, 0.6) is 5.75 Å². The number of carbonyl (C=O) groups is 2. The minimum atomic E-state index is -0.850. The maximum Gasteiger partial charge on any atom is 0.295 e. The van der Waals surface area contributed by atoms with Gasteiger partial charge in [-0.15, -0.1) is 0 Å². The third-order valence-electron chi connectivity index (χ3n) is 5.82. The number of morpholine rings is 1. The Morgan fingerprint density at radius 3 is 2.47 bits per heavy atom. The first-order valence-corrected chi connectivity index (χ1v) is 10.6. The van der Waals surface area contributed by atoms with E-state index in [4.69, 9.17) is 4.74 Å². The first kappa shape index (κ1) is 22.0. The number of ether oxygens (including phenoxy) is 1. The number of amides is 1. The first-order chi connectivity index (χ1) is 15.5. The maximum absolute atomic E-state index is 13.3. The van der Waals surface area contributed by atoms with Crippen molar-refractivity contribution in [3.05, 3.63) is 71.0 Å². The van der Waals surface area contributed by atoms with Crippen LogP contribution >= 0.6 is 0 Å². The Morgan fingerprint density at radius 1 is 1.06 bits per heavy atom. The molecule has 2 aromatic carbocycles. The summed E-state index contributed by atoms with van der Waals surface area (Å²) in [5.74, 6) is -2.36. The number of benzene rings is 2. The van der Waals surface area contributed by atoms with E-state index >= 15 is 0 Å². The Labute approximate surface area is 185 Å². The Balaban J connectivity index is 1.67. The van der Waals surface area contributed by atoms with Crippen molar-refractivity contribution < 1.29 is 28.9 Å². The van der Waals surface area contributed by atoms with Crippen LogP contribution in [-0.2, 0) is 14.3 Å². The van der Waals surface area contributed by atoms with Crippen molar-refractivity contribution in [3.8, 4) is 5.75 Å². The molecule has 2 aliphatic heterocycles. The van der Waals surface area contributed by atoms with Gasteiger partial charge in [0.05, 0.1) is 24.8 Å². The fraction of sp³-hybridized carbons (Fsp3) is 0.333. The summed E-state index contributed by atoms with van der Waals surface area (Å²) in [5.41, 5.74) is 0.681. The second kappa shape index (κ2) is 9.50. The summed E-state index contributed by atoms with van der Waals surface area (Å²) in [5, 5.41) is 20.9. The zero-order valence-corrected chi connectivity index (χ0v) is 17.5. The lowest BCUT2D eigenvalue weighted by atomic mass is 9.95. The summed E-state index contributed by atoms with van der Waals surface area (Å²) in [4.78, 5) is 29.6. The van der Waals surface area contributed by atoms with Gasteiger partial charge in [0.25, 0.3) is 11.7 Å². The van der Waals surface area contributed by atoms with Crippen LogP contribution in [0.3, 0.4) is 0 Å². The highest BCUT2D eigenvalue weighted by Crippen LogP contribution is 2.40. The van der Waals surface area contributed by atoms with E-state index in [9.17, 15) is 24.2 Å². The third kappa shape index (κ3) is 4.51. The van der Waals surface area contributed by atoms with E-state index in [-0.39, 0.29) is 22.6 Å². The molecule has 2 aromatic rings. The van der Waals surface area contributed by atoms with E-state index in [1.54, 1.807) is 12.1 Å². The molecule has 7 nitrogen and oxygen atoms in total. The number of phenols is 1. The minimum Gasteiger partial charge on any atom is -0.508 e. The van der Waals surface area contributed by atoms with Gasteiger partial charge in [-0.2, -0.15) is 0 Å². The van der Waals surface area contributed by atoms with Crippen molar-refractivity contribution in [2.75, 3.05) is 39.4 Å². The first-order valence-electron chi connectivity index (χ1n) is 10.6. The number of nitrogens with zero attached hydrogens (tertiary/aromatic N) is 2. The molecule has 1 amide bonds.